The summed E-state index contributed by atoms with van der Waals surface area (Å²) in [7, 11) is 3.05. The van der Waals surface area contributed by atoms with Crippen molar-refractivity contribution in [3.05, 3.63) is 46.9 Å². The molecule has 1 aromatic heterocycles. The Labute approximate surface area is 184 Å². The number of alkyl halides is 2. The Hall–Kier alpha value is -3.43. The predicted molar refractivity (Wildman–Crippen MR) is 117 cm³/mol. The van der Waals surface area contributed by atoms with Gasteiger partial charge in [0, 0.05) is 60.8 Å². The Morgan fingerprint density at radius 1 is 1.28 bits per heavy atom. The molecule has 0 bridgehead atoms. The minimum Gasteiger partial charge on any atom is -0.453 e. The number of nitrogens with two attached hydrogens (primary N) is 1. The van der Waals surface area contributed by atoms with Crippen LogP contribution in [0.15, 0.2) is 35.8 Å². The van der Waals surface area contributed by atoms with E-state index in [4.69, 9.17) is 15.9 Å². The summed E-state index contributed by atoms with van der Waals surface area (Å²) in [6.07, 6.45) is 2.04. The summed E-state index contributed by atoms with van der Waals surface area (Å²) >= 11 is 0. The Morgan fingerprint density at radius 2 is 2.06 bits per heavy atom. The van der Waals surface area contributed by atoms with Crippen LogP contribution >= 0.6 is 0 Å². The van der Waals surface area contributed by atoms with Gasteiger partial charge >= 0.3 is 6.09 Å². The standard InChI is InChI=1S/C22H26F2N6O2/c1-28-11-14(10-27-28)15-8-13-4-3-6-30(19(13)9-16(15)20(23)24)21(26)17-12-29(22(31)32-2)7-5-18(17)25/h8-11,20,26H,3-7,12,25H2,1-2H3. The number of nitrogens with zero attached hydrogens (tertiary/aromatic N) is 4. The number of hydrogen-bond donors (Lipinski definition) is 2. The normalized spacial score (nSPS) is 16.4. The van der Waals surface area contributed by atoms with Crippen LogP contribution in [0.3, 0.4) is 0 Å². The molecule has 32 heavy (non-hydrogen) atoms. The molecule has 0 saturated carbocycles. The molecule has 0 radical (unpaired) electrons. The van der Waals surface area contributed by atoms with Gasteiger partial charge in [0.2, 0.25) is 0 Å². The van der Waals surface area contributed by atoms with Crippen molar-refractivity contribution in [1.82, 2.24) is 14.7 Å². The van der Waals surface area contributed by atoms with E-state index in [-0.39, 0.29) is 17.9 Å². The van der Waals surface area contributed by atoms with Crippen LogP contribution in [0.5, 0.6) is 0 Å². The first-order valence-corrected chi connectivity index (χ1v) is 10.4. The van der Waals surface area contributed by atoms with Crippen LogP contribution in [0.25, 0.3) is 11.1 Å². The van der Waals surface area contributed by atoms with Crippen molar-refractivity contribution in [3.8, 4) is 11.1 Å². The minimum atomic E-state index is -2.68. The van der Waals surface area contributed by atoms with Crippen molar-refractivity contribution in [2.45, 2.75) is 25.7 Å². The molecule has 1 amide bonds. The van der Waals surface area contributed by atoms with Crippen molar-refractivity contribution in [2.24, 2.45) is 12.8 Å². The number of methoxy groups -OCH3 is 1. The third-order valence-electron chi connectivity index (χ3n) is 6.00. The molecule has 2 aromatic rings. The molecule has 2 aliphatic rings. The fourth-order valence-electron chi connectivity index (χ4n) is 4.32. The number of rotatable bonds is 3. The lowest BCUT2D eigenvalue weighted by Gasteiger charge is -2.36. The second-order valence-corrected chi connectivity index (χ2v) is 8.02. The molecule has 2 aliphatic heterocycles. The second-order valence-electron chi connectivity index (χ2n) is 8.02. The summed E-state index contributed by atoms with van der Waals surface area (Å²) in [6, 6.07) is 3.26. The number of aryl methyl sites for hydroxylation is 2. The lowest BCUT2D eigenvalue weighted by Crippen LogP contribution is -2.44. The van der Waals surface area contributed by atoms with Crippen LogP contribution in [0.1, 0.15) is 30.4 Å². The molecular weight excluding hydrogens is 418 g/mol. The summed E-state index contributed by atoms with van der Waals surface area (Å²) in [5.74, 6) is 0.131. The fourth-order valence-corrected chi connectivity index (χ4v) is 4.32. The van der Waals surface area contributed by atoms with E-state index in [0.29, 0.717) is 47.6 Å². The number of nitrogens with one attached hydrogen (secondary N) is 1. The molecule has 10 heteroatoms. The highest BCUT2D eigenvalue weighted by Gasteiger charge is 2.30. The third kappa shape index (κ3) is 3.92. The molecule has 4 rings (SSSR count). The molecule has 1 aromatic carbocycles. The van der Waals surface area contributed by atoms with Crippen molar-refractivity contribution in [1.29, 1.82) is 5.41 Å². The highest BCUT2D eigenvalue weighted by molar-refractivity contribution is 6.09. The van der Waals surface area contributed by atoms with Gasteiger partial charge in [0.05, 0.1) is 19.9 Å². The summed E-state index contributed by atoms with van der Waals surface area (Å²) in [5.41, 5.74) is 9.70. The van der Waals surface area contributed by atoms with Crippen LogP contribution in [0.4, 0.5) is 19.3 Å². The van der Waals surface area contributed by atoms with Gasteiger partial charge in [0.1, 0.15) is 5.84 Å². The Morgan fingerprint density at radius 3 is 2.72 bits per heavy atom. The molecule has 0 saturated heterocycles. The maximum absolute atomic E-state index is 14.0. The summed E-state index contributed by atoms with van der Waals surface area (Å²) in [5, 5.41) is 12.9. The topological polar surface area (TPSA) is 100 Å². The highest BCUT2D eigenvalue weighted by Crippen LogP contribution is 2.39. The number of amides is 1. The second kappa shape index (κ2) is 8.60. The zero-order chi connectivity index (χ0) is 23.0. The van der Waals surface area contributed by atoms with Crippen LogP contribution < -0.4 is 10.6 Å². The van der Waals surface area contributed by atoms with Crippen molar-refractivity contribution in [3.63, 3.8) is 0 Å². The van der Waals surface area contributed by atoms with E-state index in [2.05, 4.69) is 5.10 Å². The van der Waals surface area contributed by atoms with Gasteiger partial charge in [-0.1, -0.05) is 0 Å². The minimum absolute atomic E-state index is 0.0989. The quantitative estimate of drug-likeness (QED) is 0.558. The molecule has 8 nitrogen and oxygen atoms in total. The predicted octanol–water partition coefficient (Wildman–Crippen LogP) is 3.44. The monoisotopic (exact) mass is 444 g/mol. The zero-order valence-corrected chi connectivity index (χ0v) is 18.1. The van der Waals surface area contributed by atoms with Crippen LogP contribution in [-0.4, -0.2) is 53.4 Å². The van der Waals surface area contributed by atoms with Crippen molar-refractivity contribution < 1.29 is 18.3 Å². The molecule has 3 N–H and O–H groups in total. The highest BCUT2D eigenvalue weighted by atomic mass is 19.3. The van der Waals surface area contributed by atoms with Gasteiger partial charge in [-0.25, -0.2) is 13.6 Å². The smallest absolute Gasteiger partial charge is 0.409 e. The molecule has 0 unspecified atom stereocenters. The number of hydrogen-bond acceptors (Lipinski definition) is 5. The Bertz CT molecular complexity index is 1090. The number of ether oxygens (including phenoxy) is 1. The van der Waals surface area contributed by atoms with Crippen LogP contribution in [-0.2, 0) is 18.2 Å². The fraction of sp³-hybridized carbons (Fsp3) is 0.409. The van der Waals surface area contributed by atoms with Gasteiger partial charge in [0.15, 0.2) is 0 Å². The van der Waals surface area contributed by atoms with Crippen LogP contribution in [0, 0.1) is 5.41 Å². The first-order chi connectivity index (χ1) is 15.3. The van der Waals surface area contributed by atoms with Gasteiger partial charge in [-0.15, -0.1) is 0 Å². The number of fused-ring (bicyclic) bond motifs is 1. The van der Waals surface area contributed by atoms with E-state index in [9.17, 15) is 13.6 Å². The number of anilines is 1. The van der Waals surface area contributed by atoms with E-state index < -0.39 is 12.5 Å². The Balaban J connectivity index is 1.72. The third-order valence-corrected chi connectivity index (χ3v) is 6.00. The van der Waals surface area contributed by atoms with Crippen molar-refractivity contribution in [2.75, 3.05) is 31.6 Å². The number of benzene rings is 1. The first kappa shape index (κ1) is 21.8. The van der Waals surface area contributed by atoms with Gasteiger partial charge in [0.25, 0.3) is 6.43 Å². The van der Waals surface area contributed by atoms with E-state index in [1.54, 1.807) is 35.1 Å². The summed E-state index contributed by atoms with van der Waals surface area (Å²) < 4.78 is 34.4. The SMILES string of the molecule is COC(=O)N1CCC(N)=C(C(=N)N2CCCc3cc(-c4cnn(C)c4)c(C(F)F)cc32)C1. The lowest BCUT2D eigenvalue weighted by atomic mass is 9.92. The number of aromatic nitrogens is 2. The van der Waals surface area contributed by atoms with Crippen LogP contribution in [0.2, 0.25) is 0 Å². The van der Waals surface area contributed by atoms with Gasteiger partial charge in [-0.3, -0.25) is 10.1 Å². The molecular formula is C22H26F2N6O2. The van der Waals surface area contributed by atoms with E-state index in [1.807, 2.05) is 0 Å². The average Bonchev–Trinajstić information content (AvgIpc) is 3.23. The van der Waals surface area contributed by atoms with E-state index in [1.165, 1.54) is 18.1 Å². The van der Waals surface area contributed by atoms with Gasteiger partial charge in [-0.05, 0) is 36.1 Å². The number of amidine groups is 1. The maximum Gasteiger partial charge on any atom is 0.409 e. The summed E-state index contributed by atoms with van der Waals surface area (Å²) in [4.78, 5) is 15.2. The van der Waals surface area contributed by atoms with Crippen molar-refractivity contribution >= 4 is 17.6 Å². The number of carbonyl (C=O) groups is 1. The Kier molecular flexibility index (Phi) is 5.86. The number of halogens is 2. The first-order valence-electron chi connectivity index (χ1n) is 10.4. The molecule has 170 valence electrons. The molecule has 0 aliphatic carbocycles. The molecule has 0 fully saturated rings. The molecule has 0 atom stereocenters. The average molecular weight is 444 g/mol. The number of carbonyl (C=O) groups excluding carboxylic acids is 1. The molecule has 3 heterocycles. The summed E-state index contributed by atoms with van der Waals surface area (Å²) in [6.45, 7) is 1.07. The van der Waals surface area contributed by atoms with E-state index in [0.717, 1.165) is 18.4 Å². The van der Waals surface area contributed by atoms with Gasteiger partial charge in [-0.2, -0.15) is 5.10 Å². The lowest BCUT2D eigenvalue weighted by molar-refractivity contribution is 0.126. The van der Waals surface area contributed by atoms with Gasteiger partial charge < -0.3 is 20.3 Å². The molecule has 0 spiro atoms. The largest absolute Gasteiger partial charge is 0.453 e. The maximum atomic E-state index is 14.0. The zero-order valence-electron chi connectivity index (χ0n) is 18.1. The van der Waals surface area contributed by atoms with E-state index >= 15 is 0 Å².